The minimum atomic E-state index is -1.25. The Kier molecular flexibility index (Phi) is 9.73. The first-order chi connectivity index (χ1) is 11.5. The van der Waals surface area contributed by atoms with Crippen LogP contribution < -0.4 is 10.6 Å². The fourth-order valence-corrected chi connectivity index (χ4v) is 2.05. The molecule has 2 atom stereocenters. The van der Waals surface area contributed by atoms with Crippen molar-refractivity contribution in [3.8, 4) is 0 Å². The van der Waals surface area contributed by atoms with Crippen LogP contribution in [0.4, 0.5) is 0 Å². The van der Waals surface area contributed by atoms with Gasteiger partial charge in [-0.15, -0.1) is 0 Å². The van der Waals surface area contributed by atoms with E-state index in [0.29, 0.717) is 0 Å². The van der Waals surface area contributed by atoms with Crippen LogP contribution in [0.15, 0.2) is 0 Å². The van der Waals surface area contributed by atoms with Gasteiger partial charge in [0.2, 0.25) is 5.91 Å². The van der Waals surface area contributed by atoms with E-state index in [0.717, 1.165) is 0 Å². The van der Waals surface area contributed by atoms with Crippen molar-refractivity contribution in [1.82, 2.24) is 10.6 Å². The van der Waals surface area contributed by atoms with E-state index in [9.17, 15) is 24.3 Å². The lowest BCUT2D eigenvalue weighted by atomic mass is 10.0. The Morgan fingerprint density at radius 2 is 1.36 bits per heavy atom. The van der Waals surface area contributed by atoms with Gasteiger partial charge in [-0.2, -0.15) is 0 Å². The van der Waals surface area contributed by atoms with Crippen molar-refractivity contribution < 1.29 is 33.8 Å². The van der Waals surface area contributed by atoms with Crippen molar-refractivity contribution in [1.29, 1.82) is 0 Å². The Morgan fingerprint density at radius 3 is 1.72 bits per heavy atom. The third-order valence-corrected chi connectivity index (χ3v) is 3.27. The highest BCUT2D eigenvalue weighted by atomic mass is 16.5. The number of nitrogens with one attached hydrogen (secondary N) is 2. The first kappa shape index (κ1) is 22.8. The molecule has 0 unspecified atom stereocenters. The second-order valence-corrected chi connectivity index (χ2v) is 6.58. The number of rotatable bonds is 10. The molecule has 3 N–H and O–H groups in total. The molecule has 0 spiro atoms. The summed E-state index contributed by atoms with van der Waals surface area (Å²) in [5.74, 6) is -2.83. The van der Waals surface area contributed by atoms with Gasteiger partial charge in [0, 0.05) is 18.4 Å². The van der Waals surface area contributed by atoms with E-state index in [1.165, 1.54) is 14.2 Å². The van der Waals surface area contributed by atoms with Crippen molar-refractivity contribution >= 4 is 23.8 Å². The molecule has 0 bridgehead atoms. The van der Waals surface area contributed by atoms with Gasteiger partial charge in [-0.1, -0.05) is 0 Å². The Labute approximate surface area is 147 Å². The number of hydrogen-bond donors (Lipinski definition) is 3. The lowest BCUT2D eigenvalue weighted by Crippen LogP contribution is -2.54. The number of methoxy groups -OCH3 is 2. The Morgan fingerprint density at radius 1 is 0.920 bits per heavy atom. The summed E-state index contributed by atoms with van der Waals surface area (Å²) in [6.07, 6.45) is -0.0586. The molecule has 0 aliphatic heterocycles. The molecule has 0 aliphatic rings. The van der Waals surface area contributed by atoms with Crippen LogP contribution in [-0.2, 0) is 28.7 Å². The van der Waals surface area contributed by atoms with Crippen LogP contribution in [0.5, 0.6) is 0 Å². The highest BCUT2D eigenvalue weighted by molar-refractivity contribution is 5.87. The number of hydrogen-bond acceptors (Lipinski definition) is 7. The van der Waals surface area contributed by atoms with Crippen LogP contribution in [-0.4, -0.2) is 60.8 Å². The molecule has 9 heteroatoms. The SMILES string of the molecule is COC(=O)CC[C@@H](NC(=O)[C@@H](CCC(=O)OC)NC(C)(C)C)C(=O)O. The van der Waals surface area contributed by atoms with Crippen molar-refractivity contribution in [3.05, 3.63) is 0 Å². The Bertz CT molecular complexity index is 485. The summed E-state index contributed by atoms with van der Waals surface area (Å²) in [5.41, 5.74) is -0.428. The van der Waals surface area contributed by atoms with Gasteiger partial charge in [0.05, 0.1) is 20.3 Å². The third-order valence-electron chi connectivity index (χ3n) is 3.27. The predicted octanol–water partition coefficient (Wildman–Crippen LogP) is 0.219. The number of carboxylic acid groups (broad SMARTS) is 1. The average Bonchev–Trinajstić information content (AvgIpc) is 2.52. The van der Waals surface area contributed by atoms with E-state index in [1.54, 1.807) is 0 Å². The zero-order valence-corrected chi connectivity index (χ0v) is 15.4. The smallest absolute Gasteiger partial charge is 0.326 e. The van der Waals surface area contributed by atoms with Crippen LogP contribution in [0.1, 0.15) is 46.5 Å². The lowest BCUT2D eigenvalue weighted by Gasteiger charge is -2.28. The zero-order valence-electron chi connectivity index (χ0n) is 15.4. The first-order valence-electron chi connectivity index (χ1n) is 7.94. The summed E-state index contributed by atoms with van der Waals surface area (Å²) in [7, 11) is 2.45. The second-order valence-electron chi connectivity index (χ2n) is 6.58. The molecule has 0 fully saturated rings. The molecular formula is C16H28N2O7. The van der Waals surface area contributed by atoms with Gasteiger partial charge < -0.3 is 25.2 Å². The van der Waals surface area contributed by atoms with E-state index in [-0.39, 0.29) is 25.7 Å². The van der Waals surface area contributed by atoms with Crippen LogP contribution >= 0.6 is 0 Å². The largest absolute Gasteiger partial charge is 0.480 e. The monoisotopic (exact) mass is 360 g/mol. The number of carboxylic acids is 1. The molecule has 25 heavy (non-hydrogen) atoms. The highest BCUT2D eigenvalue weighted by Gasteiger charge is 2.28. The van der Waals surface area contributed by atoms with Crippen molar-refractivity contribution in [2.24, 2.45) is 0 Å². The summed E-state index contributed by atoms with van der Waals surface area (Å²) in [6, 6.07) is -2.01. The summed E-state index contributed by atoms with van der Waals surface area (Å²) >= 11 is 0. The molecule has 9 nitrogen and oxygen atoms in total. The predicted molar refractivity (Wildman–Crippen MR) is 88.7 cm³/mol. The zero-order chi connectivity index (χ0) is 19.6. The van der Waals surface area contributed by atoms with Gasteiger partial charge in [0.1, 0.15) is 6.04 Å². The molecule has 0 saturated heterocycles. The van der Waals surface area contributed by atoms with E-state index >= 15 is 0 Å². The highest BCUT2D eigenvalue weighted by Crippen LogP contribution is 2.08. The molecule has 0 rings (SSSR count). The number of aliphatic carboxylic acids is 1. The molecule has 1 amide bonds. The summed E-state index contributed by atoms with van der Waals surface area (Å²) in [5, 5.41) is 14.7. The Balaban J connectivity index is 4.95. The van der Waals surface area contributed by atoms with Crippen LogP contribution in [0.3, 0.4) is 0 Å². The van der Waals surface area contributed by atoms with E-state index < -0.39 is 41.4 Å². The molecule has 0 aromatic heterocycles. The molecule has 0 heterocycles. The molecule has 144 valence electrons. The average molecular weight is 360 g/mol. The van der Waals surface area contributed by atoms with Gasteiger partial charge in [0.15, 0.2) is 0 Å². The Hall–Kier alpha value is -2.16. The number of carbonyl (C=O) groups is 4. The van der Waals surface area contributed by atoms with E-state index in [2.05, 4.69) is 20.1 Å². The number of amides is 1. The normalized spacial score (nSPS) is 13.5. The number of carbonyl (C=O) groups excluding carboxylic acids is 3. The van der Waals surface area contributed by atoms with E-state index in [1.807, 2.05) is 20.8 Å². The van der Waals surface area contributed by atoms with E-state index in [4.69, 9.17) is 0 Å². The quantitative estimate of drug-likeness (QED) is 0.472. The lowest BCUT2D eigenvalue weighted by molar-refractivity contribution is -0.145. The van der Waals surface area contributed by atoms with Gasteiger partial charge in [0.25, 0.3) is 0 Å². The molecular weight excluding hydrogens is 332 g/mol. The minimum Gasteiger partial charge on any atom is -0.480 e. The summed E-state index contributed by atoms with van der Waals surface area (Å²) in [4.78, 5) is 46.2. The first-order valence-corrected chi connectivity index (χ1v) is 7.94. The topological polar surface area (TPSA) is 131 Å². The summed E-state index contributed by atoms with van der Waals surface area (Å²) in [6.45, 7) is 5.53. The molecule has 0 radical (unpaired) electrons. The molecule has 0 aliphatic carbocycles. The summed E-state index contributed by atoms with van der Waals surface area (Å²) < 4.78 is 9.03. The van der Waals surface area contributed by atoms with Crippen LogP contribution in [0.25, 0.3) is 0 Å². The molecule has 0 aromatic rings. The standard InChI is InChI=1S/C16H28N2O7/c1-16(2,3)18-10(6-8-12(19)24-4)14(21)17-11(15(22)23)7-9-13(20)25-5/h10-11,18H,6-9H2,1-5H3,(H,17,21)(H,22,23)/t10-,11-/m1/s1. The second kappa shape index (κ2) is 10.7. The van der Waals surface area contributed by atoms with Crippen molar-refractivity contribution in [3.63, 3.8) is 0 Å². The van der Waals surface area contributed by atoms with Crippen molar-refractivity contribution in [2.45, 2.75) is 64.1 Å². The van der Waals surface area contributed by atoms with Crippen molar-refractivity contribution in [2.75, 3.05) is 14.2 Å². The van der Waals surface area contributed by atoms with Gasteiger partial charge in [-0.05, 0) is 33.6 Å². The third kappa shape index (κ3) is 10.3. The maximum Gasteiger partial charge on any atom is 0.326 e. The molecule has 0 aromatic carbocycles. The number of esters is 2. The van der Waals surface area contributed by atoms with Gasteiger partial charge in [-0.25, -0.2) is 4.79 Å². The van der Waals surface area contributed by atoms with Gasteiger partial charge >= 0.3 is 17.9 Å². The number of ether oxygens (including phenoxy) is 2. The molecule has 0 saturated carbocycles. The fraction of sp³-hybridized carbons (Fsp3) is 0.750. The van der Waals surface area contributed by atoms with Gasteiger partial charge in [-0.3, -0.25) is 14.4 Å². The van der Waals surface area contributed by atoms with Crippen LogP contribution in [0.2, 0.25) is 0 Å². The minimum absolute atomic E-state index is 0.0115. The fourth-order valence-electron chi connectivity index (χ4n) is 2.05. The maximum atomic E-state index is 12.4. The van der Waals surface area contributed by atoms with Crippen LogP contribution in [0, 0.1) is 0 Å². The maximum absolute atomic E-state index is 12.4.